The molecule has 0 spiro atoms. The number of carboxylic acid groups (broad SMARTS) is 1. The lowest BCUT2D eigenvalue weighted by Crippen LogP contribution is -2.22. The number of hydrogen-bond donors (Lipinski definition) is 1. The van der Waals surface area contributed by atoms with Crippen LogP contribution in [-0.2, 0) is 13.0 Å². The van der Waals surface area contributed by atoms with Crippen LogP contribution in [0.15, 0.2) is 23.1 Å². The number of fused-ring (bicyclic) bond motifs is 1. The number of rotatable bonds is 4. The third-order valence-electron chi connectivity index (χ3n) is 4.93. The SMILES string of the molecule is N#CCc1cc2c(cc1F)c(=O)c(C(=O)O)cn2CC1CCCCC1. The van der Waals surface area contributed by atoms with Crippen molar-refractivity contribution in [2.45, 2.75) is 45.1 Å². The number of benzene rings is 1. The number of halogens is 1. The number of hydrogen-bond acceptors (Lipinski definition) is 3. The highest BCUT2D eigenvalue weighted by atomic mass is 19.1. The van der Waals surface area contributed by atoms with E-state index >= 15 is 0 Å². The normalized spacial score (nSPS) is 15.2. The summed E-state index contributed by atoms with van der Waals surface area (Å²) in [7, 11) is 0. The van der Waals surface area contributed by atoms with E-state index in [1.165, 1.54) is 18.7 Å². The first kappa shape index (κ1) is 17.2. The van der Waals surface area contributed by atoms with Crippen molar-refractivity contribution < 1.29 is 14.3 Å². The molecule has 6 heteroatoms. The van der Waals surface area contributed by atoms with Crippen LogP contribution in [0.25, 0.3) is 10.9 Å². The van der Waals surface area contributed by atoms with E-state index < -0.39 is 17.2 Å². The number of nitrogens with zero attached hydrogens (tertiary/aromatic N) is 2. The van der Waals surface area contributed by atoms with Gasteiger partial charge in [0.2, 0.25) is 5.43 Å². The molecule has 1 heterocycles. The van der Waals surface area contributed by atoms with Crippen molar-refractivity contribution in [2.75, 3.05) is 0 Å². The Morgan fingerprint density at radius 3 is 2.68 bits per heavy atom. The Morgan fingerprint density at radius 1 is 1.32 bits per heavy atom. The van der Waals surface area contributed by atoms with Gasteiger partial charge in [0.25, 0.3) is 0 Å². The number of carbonyl (C=O) groups is 1. The molecule has 0 unspecified atom stereocenters. The van der Waals surface area contributed by atoms with Crippen LogP contribution in [0.2, 0.25) is 0 Å². The summed E-state index contributed by atoms with van der Waals surface area (Å²) < 4.78 is 15.9. The third kappa shape index (κ3) is 3.41. The molecular weight excluding hydrogens is 323 g/mol. The van der Waals surface area contributed by atoms with E-state index in [1.807, 2.05) is 6.07 Å². The lowest BCUT2D eigenvalue weighted by atomic mass is 9.89. The van der Waals surface area contributed by atoms with Crippen LogP contribution in [-0.4, -0.2) is 15.6 Å². The maximum atomic E-state index is 14.2. The smallest absolute Gasteiger partial charge is 0.341 e. The first-order valence-electron chi connectivity index (χ1n) is 8.47. The van der Waals surface area contributed by atoms with Gasteiger partial charge in [-0.3, -0.25) is 4.79 Å². The standard InChI is InChI=1S/C19H19FN2O3/c20-16-9-14-17(8-13(16)6-7-21)22(10-12-4-2-1-3-5-12)11-15(18(14)23)19(24)25/h8-9,11-12H,1-6,10H2,(H,24,25). The summed E-state index contributed by atoms with van der Waals surface area (Å²) in [6, 6.07) is 4.48. The molecule has 1 aromatic carbocycles. The van der Waals surface area contributed by atoms with Crippen LogP contribution < -0.4 is 5.43 Å². The number of nitriles is 1. The molecule has 0 aliphatic heterocycles. The number of aromatic carboxylic acids is 1. The van der Waals surface area contributed by atoms with Crippen LogP contribution in [0.5, 0.6) is 0 Å². The zero-order chi connectivity index (χ0) is 18.0. The monoisotopic (exact) mass is 342 g/mol. The van der Waals surface area contributed by atoms with Gasteiger partial charge in [-0.25, -0.2) is 9.18 Å². The molecule has 3 rings (SSSR count). The van der Waals surface area contributed by atoms with Crippen molar-refractivity contribution >= 4 is 16.9 Å². The van der Waals surface area contributed by atoms with Crippen molar-refractivity contribution in [2.24, 2.45) is 5.92 Å². The molecule has 1 fully saturated rings. The Hall–Kier alpha value is -2.68. The summed E-state index contributed by atoms with van der Waals surface area (Å²) >= 11 is 0. The largest absolute Gasteiger partial charge is 0.477 e. The highest BCUT2D eigenvalue weighted by Crippen LogP contribution is 2.27. The molecular formula is C19H19FN2O3. The Bertz CT molecular complexity index is 921. The summed E-state index contributed by atoms with van der Waals surface area (Å²) in [5.74, 6) is -1.56. The van der Waals surface area contributed by atoms with Gasteiger partial charge in [0.05, 0.1) is 18.0 Å². The summed E-state index contributed by atoms with van der Waals surface area (Å²) in [6.45, 7) is 0.592. The van der Waals surface area contributed by atoms with Gasteiger partial charge >= 0.3 is 5.97 Å². The fraction of sp³-hybridized carbons (Fsp3) is 0.421. The lowest BCUT2D eigenvalue weighted by Gasteiger charge is -2.24. The molecule has 0 atom stereocenters. The summed E-state index contributed by atoms with van der Waals surface area (Å²) in [4.78, 5) is 23.8. The maximum Gasteiger partial charge on any atom is 0.341 e. The van der Waals surface area contributed by atoms with Crippen LogP contribution in [0.3, 0.4) is 0 Å². The van der Waals surface area contributed by atoms with Gasteiger partial charge in [-0.15, -0.1) is 0 Å². The van der Waals surface area contributed by atoms with E-state index in [4.69, 9.17) is 5.26 Å². The molecule has 2 aromatic rings. The average Bonchev–Trinajstić information content (AvgIpc) is 2.59. The predicted molar refractivity (Wildman–Crippen MR) is 91.0 cm³/mol. The molecule has 130 valence electrons. The molecule has 1 saturated carbocycles. The van der Waals surface area contributed by atoms with Gasteiger partial charge in [-0.1, -0.05) is 19.3 Å². The Labute approximate surface area is 144 Å². The van der Waals surface area contributed by atoms with E-state index in [0.717, 1.165) is 31.7 Å². The van der Waals surface area contributed by atoms with Gasteiger partial charge in [0.1, 0.15) is 11.4 Å². The van der Waals surface area contributed by atoms with Crippen LogP contribution in [0.4, 0.5) is 4.39 Å². The second-order valence-electron chi connectivity index (χ2n) is 6.63. The van der Waals surface area contributed by atoms with Crippen LogP contribution in [0, 0.1) is 23.1 Å². The van der Waals surface area contributed by atoms with Gasteiger partial charge < -0.3 is 9.67 Å². The zero-order valence-electron chi connectivity index (χ0n) is 13.8. The number of pyridine rings is 1. The number of carboxylic acids is 1. The van der Waals surface area contributed by atoms with Crippen molar-refractivity contribution in [3.8, 4) is 6.07 Å². The van der Waals surface area contributed by atoms with E-state index in [1.54, 1.807) is 4.57 Å². The second kappa shape index (κ2) is 7.06. The Kier molecular flexibility index (Phi) is 4.84. The van der Waals surface area contributed by atoms with E-state index in [0.29, 0.717) is 18.0 Å². The van der Waals surface area contributed by atoms with Crippen molar-refractivity contribution in [3.05, 3.63) is 45.5 Å². The minimum absolute atomic E-state index is 0.0508. The summed E-state index contributed by atoms with van der Waals surface area (Å²) in [5, 5.41) is 18.2. The average molecular weight is 342 g/mol. The van der Waals surface area contributed by atoms with E-state index in [2.05, 4.69) is 0 Å². The topological polar surface area (TPSA) is 83.1 Å². The Morgan fingerprint density at radius 2 is 2.04 bits per heavy atom. The molecule has 1 aliphatic carbocycles. The molecule has 0 bridgehead atoms. The molecule has 0 saturated heterocycles. The minimum atomic E-state index is -1.31. The fourth-order valence-electron chi connectivity index (χ4n) is 3.63. The molecule has 25 heavy (non-hydrogen) atoms. The van der Waals surface area contributed by atoms with Gasteiger partial charge in [-0.05, 0) is 30.9 Å². The molecule has 1 N–H and O–H groups in total. The van der Waals surface area contributed by atoms with Gasteiger partial charge in [0.15, 0.2) is 0 Å². The maximum absolute atomic E-state index is 14.2. The summed E-state index contributed by atoms with van der Waals surface area (Å²) in [5.41, 5.74) is -0.331. The van der Waals surface area contributed by atoms with Crippen LogP contribution in [0.1, 0.15) is 48.0 Å². The first-order chi connectivity index (χ1) is 12.0. The number of aromatic nitrogens is 1. The quantitative estimate of drug-likeness (QED) is 0.922. The predicted octanol–water partition coefficient (Wildman–Crippen LogP) is 3.49. The van der Waals surface area contributed by atoms with Crippen LogP contribution >= 0.6 is 0 Å². The van der Waals surface area contributed by atoms with Crippen molar-refractivity contribution in [1.82, 2.24) is 4.57 Å². The van der Waals surface area contributed by atoms with Gasteiger partial charge in [0, 0.05) is 23.7 Å². The highest BCUT2D eigenvalue weighted by Gasteiger charge is 2.20. The van der Waals surface area contributed by atoms with Crippen molar-refractivity contribution in [1.29, 1.82) is 5.26 Å². The molecule has 1 aliphatic rings. The zero-order valence-corrected chi connectivity index (χ0v) is 13.8. The fourth-order valence-corrected chi connectivity index (χ4v) is 3.63. The van der Waals surface area contributed by atoms with Gasteiger partial charge in [-0.2, -0.15) is 5.26 Å². The molecule has 0 amide bonds. The second-order valence-corrected chi connectivity index (χ2v) is 6.63. The van der Waals surface area contributed by atoms with E-state index in [9.17, 15) is 19.1 Å². The third-order valence-corrected chi connectivity index (χ3v) is 4.93. The van der Waals surface area contributed by atoms with E-state index in [-0.39, 0.29) is 22.9 Å². The molecule has 1 aromatic heterocycles. The molecule has 0 radical (unpaired) electrons. The highest BCUT2D eigenvalue weighted by molar-refractivity contribution is 5.92. The lowest BCUT2D eigenvalue weighted by molar-refractivity contribution is 0.0694. The van der Waals surface area contributed by atoms with Crippen molar-refractivity contribution in [3.63, 3.8) is 0 Å². The molecule has 5 nitrogen and oxygen atoms in total. The Balaban J connectivity index is 2.19. The summed E-state index contributed by atoms with van der Waals surface area (Å²) in [6.07, 6.45) is 6.87. The first-order valence-corrected chi connectivity index (χ1v) is 8.47. The minimum Gasteiger partial charge on any atom is -0.477 e.